The average Bonchev–Trinajstić information content (AvgIpc) is 3.12. The molecule has 0 unspecified atom stereocenters. The predicted octanol–water partition coefficient (Wildman–Crippen LogP) is 5.91. The summed E-state index contributed by atoms with van der Waals surface area (Å²) in [6.07, 6.45) is 1.20. The molecule has 0 fully saturated rings. The van der Waals surface area contributed by atoms with E-state index in [9.17, 15) is 9.90 Å². The summed E-state index contributed by atoms with van der Waals surface area (Å²) in [7, 11) is 0. The van der Waals surface area contributed by atoms with Gasteiger partial charge < -0.3 is 9.84 Å². The van der Waals surface area contributed by atoms with E-state index >= 15 is 0 Å². The van der Waals surface area contributed by atoms with E-state index in [1.807, 2.05) is 23.6 Å². The molecule has 0 bridgehead atoms. The molecule has 1 heterocycles. The Morgan fingerprint density at radius 2 is 1.81 bits per heavy atom. The van der Waals surface area contributed by atoms with Crippen LogP contribution in [0.15, 0.2) is 47.2 Å². The van der Waals surface area contributed by atoms with Crippen LogP contribution in [0.1, 0.15) is 29.2 Å². The van der Waals surface area contributed by atoms with Crippen LogP contribution in [0.3, 0.4) is 0 Å². The minimum Gasteiger partial charge on any atom is -0.508 e. The highest BCUT2D eigenvalue weighted by molar-refractivity contribution is 7.07. The van der Waals surface area contributed by atoms with Gasteiger partial charge in [-0.15, -0.1) is 0 Å². The normalized spacial score (nSPS) is 10.8. The highest BCUT2D eigenvalue weighted by atomic mass is 35.5. The van der Waals surface area contributed by atoms with E-state index in [2.05, 4.69) is 5.38 Å². The van der Waals surface area contributed by atoms with Gasteiger partial charge in [0.15, 0.2) is 5.78 Å². The Hall–Kier alpha value is -2.01. The van der Waals surface area contributed by atoms with Crippen molar-refractivity contribution in [2.75, 3.05) is 6.61 Å². The summed E-state index contributed by atoms with van der Waals surface area (Å²) in [4.78, 5) is 11.1. The molecule has 3 rings (SSSR count). The molecule has 0 saturated heterocycles. The Morgan fingerprint density at radius 3 is 2.44 bits per heavy atom. The minimum absolute atomic E-state index is 0.0179. The van der Waals surface area contributed by atoms with Gasteiger partial charge in [0.05, 0.1) is 0 Å². The van der Waals surface area contributed by atoms with E-state index in [0.29, 0.717) is 28.6 Å². The highest BCUT2D eigenvalue weighted by Gasteiger charge is 2.12. The maximum atomic E-state index is 11.1. The van der Waals surface area contributed by atoms with Gasteiger partial charge in [-0.3, -0.25) is 4.79 Å². The van der Waals surface area contributed by atoms with Crippen molar-refractivity contribution in [2.45, 2.75) is 19.8 Å². The molecule has 1 aromatic heterocycles. The summed E-state index contributed by atoms with van der Waals surface area (Å²) >= 11 is 14.4. The summed E-state index contributed by atoms with van der Waals surface area (Å²) in [5, 5.41) is 15.2. The van der Waals surface area contributed by atoms with Gasteiger partial charge in [-0.2, -0.15) is 11.3 Å². The van der Waals surface area contributed by atoms with Crippen molar-refractivity contribution in [1.82, 2.24) is 0 Å². The second kappa shape index (κ2) is 8.79. The Kier molecular flexibility index (Phi) is 6.42. The third-order valence-corrected chi connectivity index (χ3v) is 5.46. The Morgan fingerprint density at radius 1 is 1.07 bits per heavy atom. The molecule has 0 atom stereocenters. The topological polar surface area (TPSA) is 46.5 Å². The Bertz CT molecular complexity index is 929. The van der Waals surface area contributed by atoms with Crippen molar-refractivity contribution in [2.24, 2.45) is 0 Å². The molecule has 140 valence electrons. The number of phenolic OH excluding ortho intramolecular Hbond substituents is 1. The number of Topliss-reactive ketones (excluding diaryl/α,β-unsaturated/α-hetero) is 1. The predicted molar refractivity (Wildman–Crippen MR) is 111 cm³/mol. The zero-order chi connectivity index (χ0) is 19.4. The monoisotopic (exact) mass is 420 g/mol. The van der Waals surface area contributed by atoms with Gasteiger partial charge in [-0.25, -0.2) is 0 Å². The van der Waals surface area contributed by atoms with Crippen LogP contribution in [0.4, 0.5) is 0 Å². The van der Waals surface area contributed by atoms with Crippen LogP contribution >= 0.6 is 34.5 Å². The van der Waals surface area contributed by atoms with Crippen LogP contribution in [-0.2, 0) is 17.6 Å². The van der Waals surface area contributed by atoms with Gasteiger partial charge in [0, 0.05) is 22.9 Å². The molecule has 0 spiro atoms. The quantitative estimate of drug-likeness (QED) is 0.516. The molecule has 0 aliphatic heterocycles. The molecule has 0 radical (unpaired) electrons. The van der Waals surface area contributed by atoms with Gasteiger partial charge in [0.1, 0.15) is 18.1 Å². The molecular weight excluding hydrogens is 403 g/mol. The van der Waals surface area contributed by atoms with E-state index in [4.69, 9.17) is 27.9 Å². The van der Waals surface area contributed by atoms with E-state index < -0.39 is 0 Å². The van der Waals surface area contributed by atoms with Crippen LogP contribution < -0.4 is 4.74 Å². The number of aromatic hydroxyl groups is 1. The number of carbonyl (C=O) groups excluding carboxylic acids is 1. The number of halogens is 2. The molecular formula is C21H18Cl2O3S. The summed E-state index contributed by atoms with van der Waals surface area (Å²) in [5.74, 6) is 0.663. The molecule has 6 heteroatoms. The molecule has 3 nitrogen and oxygen atoms in total. The zero-order valence-electron chi connectivity index (χ0n) is 14.7. The Labute approximate surface area is 172 Å². The molecule has 0 saturated carbocycles. The Balaban J connectivity index is 1.81. The smallest absolute Gasteiger partial charge is 0.167 e. The highest BCUT2D eigenvalue weighted by Crippen LogP contribution is 2.33. The zero-order valence-corrected chi connectivity index (χ0v) is 17.0. The number of benzene rings is 2. The first kappa shape index (κ1) is 19.7. The lowest BCUT2D eigenvalue weighted by molar-refractivity contribution is -0.118. The number of ether oxygens (including phenoxy) is 1. The van der Waals surface area contributed by atoms with Crippen molar-refractivity contribution in [3.8, 4) is 11.5 Å². The second-order valence-electron chi connectivity index (χ2n) is 6.30. The molecule has 3 aromatic rings. The van der Waals surface area contributed by atoms with E-state index in [1.165, 1.54) is 6.92 Å². The van der Waals surface area contributed by atoms with Crippen LogP contribution in [0.5, 0.6) is 11.5 Å². The van der Waals surface area contributed by atoms with Crippen LogP contribution in [0.25, 0.3) is 0 Å². The van der Waals surface area contributed by atoms with E-state index in [-0.39, 0.29) is 18.1 Å². The fraction of sp³-hybridized carbons (Fsp3) is 0.190. The fourth-order valence-electron chi connectivity index (χ4n) is 2.72. The molecule has 1 N–H and O–H groups in total. The van der Waals surface area contributed by atoms with Crippen LogP contribution in [-0.4, -0.2) is 17.5 Å². The maximum Gasteiger partial charge on any atom is 0.167 e. The molecule has 27 heavy (non-hydrogen) atoms. The molecule has 0 aliphatic rings. The van der Waals surface area contributed by atoms with Crippen molar-refractivity contribution < 1.29 is 14.6 Å². The second-order valence-corrected chi connectivity index (χ2v) is 7.90. The summed E-state index contributed by atoms with van der Waals surface area (Å²) in [6.45, 7) is 1.44. The number of carbonyl (C=O) groups is 1. The van der Waals surface area contributed by atoms with E-state index in [1.54, 1.807) is 29.5 Å². The SMILES string of the molecule is CC(=O)COc1cc(Cl)c(Cc2ccc(O)c(Cc3ccsc3)c2)c(Cl)c1. The number of rotatable bonds is 7. The van der Waals surface area contributed by atoms with Gasteiger partial charge in [0.25, 0.3) is 0 Å². The fourth-order valence-corrected chi connectivity index (χ4v) is 3.99. The number of hydrogen-bond donors (Lipinski definition) is 1. The average molecular weight is 421 g/mol. The third-order valence-electron chi connectivity index (χ3n) is 4.06. The lowest BCUT2D eigenvalue weighted by Gasteiger charge is -2.12. The van der Waals surface area contributed by atoms with Crippen molar-refractivity contribution in [3.05, 3.63) is 79.5 Å². The minimum atomic E-state index is -0.0754. The van der Waals surface area contributed by atoms with Gasteiger partial charge in [-0.05, 0) is 64.2 Å². The first-order valence-corrected chi connectivity index (χ1v) is 10.0. The number of phenols is 1. The standard InChI is InChI=1S/C21H18Cl2O3S/c1-13(24)11-26-17-9-19(22)18(20(23)10-17)8-14-2-3-21(25)16(6-14)7-15-4-5-27-12-15/h2-6,9-10,12,25H,7-8,11H2,1H3. The summed E-state index contributed by atoms with van der Waals surface area (Å²) in [5.41, 5.74) is 3.80. The maximum absolute atomic E-state index is 11.1. The lowest BCUT2D eigenvalue weighted by atomic mass is 9.99. The van der Waals surface area contributed by atoms with Crippen molar-refractivity contribution in [1.29, 1.82) is 0 Å². The first-order chi connectivity index (χ1) is 12.9. The molecule has 0 amide bonds. The number of thiophene rings is 1. The summed E-state index contributed by atoms with van der Waals surface area (Å²) < 4.78 is 5.38. The van der Waals surface area contributed by atoms with E-state index in [0.717, 1.165) is 22.3 Å². The number of ketones is 1. The molecule has 0 aliphatic carbocycles. The van der Waals surface area contributed by atoms with Crippen molar-refractivity contribution in [3.63, 3.8) is 0 Å². The number of hydrogen-bond acceptors (Lipinski definition) is 4. The third kappa shape index (κ3) is 5.25. The van der Waals surface area contributed by atoms with Crippen molar-refractivity contribution >= 4 is 40.3 Å². The van der Waals surface area contributed by atoms with Gasteiger partial charge in [0.2, 0.25) is 0 Å². The van der Waals surface area contributed by atoms with Gasteiger partial charge >= 0.3 is 0 Å². The van der Waals surface area contributed by atoms with Gasteiger partial charge in [-0.1, -0.05) is 35.3 Å². The largest absolute Gasteiger partial charge is 0.508 e. The first-order valence-electron chi connectivity index (χ1n) is 8.34. The van der Waals surface area contributed by atoms with Crippen LogP contribution in [0.2, 0.25) is 10.0 Å². The molecule has 2 aromatic carbocycles. The van der Waals surface area contributed by atoms with Crippen LogP contribution in [0, 0.1) is 0 Å². The summed E-state index contributed by atoms with van der Waals surface area (Å²) in [6, 6.07) is 10.9. The lowest BCUT2D eigenvalue weighted by Crippen LogP contribution is -2.06.